The van der Waals surface area contributed by atoms with E-state index in [1.165, 1.54) is 11.3 Å². The third-order valence-electron chi connectivity index (χ3n) is 5.06. The maximum atomic E-state index is 12.7. The van der Waals surface area contributed by atoms with Crippen molar-refractivity contribution in [1.82, 2.24) is 10.3 Å². The monoisotopic (exact) mass is 458 g/mol. The summed E-state index contributed by atoms with van der Waals surface area (Å²) in [5, 5.41) is 6.53. The number of hydrogen-bond acceptors (Lipinski definition) is 7. The lowest BCUT2D eigenvalue weighted by Gasteiger charge is -2.10. The van der Waals surface area contributed by atoms with E-state index in [0.29, 0.717) is 40.6 Å². The molecule has 0 aliphatic carbocycles. The van der Waals surface area contributed by atoms with Crippen LogP contribution in [0.15, 0.2) is 72.9 Å². The van der Waals surface area contributed by atoms with Gasteiger partial charge >= 0.3 is 0 Å². The topological polar surface area (TPSA) is 116 Å². The first-order chi connectivity index (χ1) is 16.1. The van der Waals surface area contributed by atoms with Gasteiger partial charge in [0.1, 0.15) is 16.5 Å². The Bertz CT molecular complexity index is 1350. The van der Waals surface area contributed by atoms with Crippen LogP contribution in [0.4, 0.5) is 5.69 Å². The van der Waals surface area contributed by atoms with E-state index in [2.05, 4.69) is 20.5 Å². The zero-order valence-electron chi connectivity index (χ0n) is 17.2. The van der Waals surface area contributed by atoms with Gasteiger partial charge < -0.3 is 20.2 Å². The molecule has 0 saturated carbocycles. The predicted molar refractivity (Wildman–Crippen MR) is 124 cm³/mol. The molecular formula is C24H18N4O4S. The van der Waals surface area contributed by atoms with Gasteiger partial charge in [0.15, 0.2) is 5.75 Å². The highest BCUT2D eigenvalue weighted by atomic mass is 32.1. The number of thiazole rings is 1. The summed E-state index contributed by atoms with van der Waals surface area (Å²) in [4.78, 5) is 35.2. The first kappa shape index (κ1) is 20.7. The van der Waals surface area contributed by atoms with Gasteiger partial charge in [-0.15, -0.1) is 11.3 Å². The zero-order chi connectivity index (χ0) is 22.8. The molecule has 3 aromatic carbocycles. The van der Waals surface area contributed by atoms with Crippen molar-refractivity contribution in [1.29, 1.82) is 0 Å². The van der Waals surface area contributed by atoms with Gasteiger partial charge in [0.05, 0.1) is 17.8 Å². The summed E-state index contributed by atoms with van der Waals surface area (Å²) in [6, 6.07) is 19.2. The maximum Gasteiger partial charge on any atom is 0.259 e. The van der Waals surface area contributed by atoms with Crippen molar-refractivity contribution in [3.8, 4) is 27.8 Å². The van der Waals surface area contributed by atoms with Crippen molar-refractivity contribution in [2.24, 2.45) is 5.90 Å². The summed E-state index contributed by atoms with van der Waals surface area (Å²) in [5.74, 6) is 6.10. The van der Waals surface area contributed by atoms with Crippen LogP contribution >= 0.6 is 11.3 Å². The molecule has 33 heavy (non-hydrogen) atoms. The molecule has 0 fully saturated rings. The minimum Gasteiger partial charge on any atom is -0.454 e. The number of para-hydroxylation sites is 1. The van der Waals surface area contributed by atoms with Crippen LogP contribution in [0.5, 0.6) is 17.2 Å². The molecule has 1 aliphatic rings. The van der Waals surface area contributed by atoms with E-state index in [1.54, 1.807) is 60.8 Å². The van der Waals surface area contributed by atoms with Gasteiger partial charge in [-0.1, -0.05) is 12.1 Å². The van der Waals surface area contributed by atoms with E-state index < -0.39 is 0 Å². The molecular weight excluding hydrogens is 440 g/mol. The SMILES string of the molecule is NOc1ccc(-c2ncc(CNC(=O)c3ccc4c(c3)NC(=O)c3ccccc3O4)s2)cc1. The first-order valence-electron chi connectivity index (χ1n) is 10.0. The molecule has 2 heterocycles. The number of aromatic nitrogens is 1. The quantitative estimate of drug-likeness (QED) is 0.383. The van der Waals surface area contributed by atoms with Crippen LogP contribution in [0.25, 0.3) is 10.6 Å². The minimum atomic E-state index is -0.287. The number of nitrogens with one attached hydrogen (secondary N) is 2. The fraction of sp³-hybridized carbons (Fsp3) is 0.0417. The van der Waals surface area contributed by atoms with E-state index in [9.17, 15) is 9.59 Å². The Balaban J connectivity index is 1.27. The predicted octanol–water partition coefficient (Wildman–Crippen LogP) is 4.35. The van der Waals surface area contributed by atoms with Crippen LogP contribution in [-0.4, -0.2) is 16.8 Å². The second-order valence-electron chi connectivity index (χ2n) is 7.22. The van der Waals surface area contributed by atoms with Gasteiger partial charge in [-0.05, 0) is 54.6 Å². The minimum absolute atomic E-state index is 0.270. The summed E-state index contributed by atoms with van der Waals surface area (Å²) in [6.45, 7) is 0.325. The molecule has 9 heteroatoms. The maximum absolute atomic E-state index is 12.7. The van der Waals surface area contributed by atoms with Crippen molar-refractivity contribution < 1.29 is 19.2 Å². The Morgan fingerprint density at radius 2 is 1.91 bits per heavy atom. The number of nitrogens with zero attached hydrogens (tertiary/aromatic N) is 1. The summed E-state index contributed by atoms with van der Waals surface area (Å²) in [7, 11) is 0. The van der Waals surface area contributed by atoms with Gasteiger partial charge in [0.2, 0.25) is 0 Å². The lowest BCUT2D eigenvalue weighted by atomic mass is 10.1. The summed E-state index contributed by atoms with van der Waals surface area (Å²) in [6.07, 6.45) is 1.73. The highest BCUT2D eigenvalue weighted by Crippen LogP contribution is 2.36. The molecule has 0 saturated heterocycles. The van der Waals surface area contributed by atoms with E-state index in [1.807, 2.05) is 12.1 Å². The number of carbonyl (C=O) groups excluding carboxylic acids is 2. The summed E-state index contributed by atoms with van der Waals surface area (Å²) >= 11 is 1.48. The lowest BCUT2D eigenvalue weighted by Crippen LogP contribution is -2.22. The number of fused-ring (bicyclic) bond motifs is 2. The van der Waals surface area contributed by atoms with Crippen molar-refractivity contribution in [2.75, 3.05) is 5.32 Å². The molecule has 4 N–H and O–H groups in total. The number of hydrogen-bond donors (Lipinski definition) is 3. The normalized spacial score (nSPS) is 12.0. The number of rotatable bonds is 5. The van der Waals surface area contributed by atoms with E-state index >= 15 is 0 Å². The molecule has 0 spiro atoms. The van der Waals surface area contributed by atoms with Gasteiger partial charge in [-0.3, -0.25) is 9.59 Å². The summed E-state index contributed by atoms with van der Waals surface area (Å²) in [5.41, 5.74) is 2.21. The standard InChI is InChI=1S/C24H18N4O4S/c25-32-16-8-5-14(6-9-16)24-27-13-17(33-24)12-26-22(29)15-7-10-21-19(11-15)28-23(30)18-3-1-2-4-20(18)31-21/h1-11,13H,12,25H2,(H,26,29)(H,28,30). The Morgan fingerprint density at radius 3 is 2.73 bits per heavy atom. The molecule has 0 radical (unpaired) electrons. The van der Waals surface area contributed by atoms with Gasteiger partial charge in [0, 0.05) is 22.2 Å². The number of ether oxygens (including phenoxy) is 1. The van der Waals surface area contributed by atoms with E-state index in [4.69, 9.17) is 10.6 Å². The zero-order valence-corrected chi connectivity index (χ0v) is 18.0. The number of benzene rings is 3. The van der Waals surface area contributed by atoms with Crippen LogP contribution < -0.4 is 26.1 Å². The third-order valence-corrected chi connectivity index (χ3v) is 6.10. The second kappa shape index (κ2) is 8.73. The molecule has 5 rings (SSSR count). The van der Waals surface area contributed by atoms with Crippen LogP contribution in [0.3, 0.4) is 0 Å². The molecule has 0 atom stereocenters. The molecule has 4 aromatic rings. The van der Waals surface area contributed by atoms with Crippen molar-refractivity contribution in [3.63, 3.8) is 0 Å². The third kappa shape index (κ3) is 4.27. The largest absolute Gasteiger partial charge is 0.454 e. The Morgan fingerprint density at radius 1 is 1.09 bits per heavy atom. The van der Waals surface area contributed by atoms with E-state index in [-0.39, 0.29) is 11.8 Å². The van der Waals surface area contributed by atoms with E-state index in [0.717, 1.165) is 15.4 Å². The van der Waals surface area contributed by atoms with Crippen LogP contribution in [0.1, 0.15) is 25.6 Å². The number of amides is 2. The highest BCUT2D eigenvalue weighted by Gasteiger charge is 2.21. The molecule has 1 aliphatic heterocycles. The lowest BCUT2D eigenvalue weighted by molar-refractivity contribution is 0.0950. The smallest absolute Gasteiger partial charge is 0.259 e. The molecule has 1 aromatic heterocycles. The van der Waals surface area contributed by atoms with Gasteiger partial charge in [-0.2, -0.15) is 5.90 Å². The average molecular weight is 458 g/mol. The molecule has 2 amide bonds. The Labute approximate surface area is 192 Å². The summed E-state index contributed by atoms with van der Waals surface area (Å²) < 4.78 is 5.86. The van der Waals surface area contributed by atoms with Gasteiger partial charge in [-0.25, -0.2) is 4.98 Å². The van der Waals surface area contributed by atoms with Crippen LogP contribution in [0.2, 0.25) is 0 Å². The molecule has 8 nitrogen and oxygen atoms in total. The first-order valence-corrected chi connectivity index (χ1v) is 10.8. The highest BCUT2D eigenvalue weighted by molar-refractivity contribution is 7.15. The Kier molecular flexibility index (Phi) is 5.47. The second-order valence-corrected chi connectivity index (χ2v) is 8.34. The average Bonchev–Trinajstić information content (AvgIpc) is 3.27. The number of carbonyl (C=O) groups is 2. The van der Waals surface area contributed by atoms with Crippen molar-refractivity contribution >= 4 is 28.8 Å². The molecule has 164 valence electrons. The molecule has 0 unspecified atom stereocenters. The van der Waals surface area contributed by atoms with Crippen LogP contribution in [0, 0.1) is 0 Å². The Hall–Kier alpha value is -4.21. The fourth-order valence-electron chi connectivity index (χ4n) is 3.38. The molecule has 0 bridgehead atoms. The van der Waals surface area contributed by atoms with Crippen LogP contribution in [-0.2, 0) is 6.54 Å². The number of anilines is 1. The fourth-order valence-corrected chi connectivity index (χ4v) is 4.23. The van der Waals surface area contributed by atoms with Crippen molar-refractivity contribution in [2.45, 2.75) is 6.54 Å². The number of nitrogens with two attached hydrogens (primary N) is 1. The van der Waals surface area contributed by atoms with Gasteiger partial charge in [0.25, 0.3) is 11.8 Å². The van der Waals surface area contributed by atoms with Crippen molar-refractivity contribution in [3.05, 3.63) is 88.9 Å².